The number of halogens is 7. The highest BCUT2D eigenvalue weighted by atomic mass is 31.2. The van der Waals surface area contributed by atoms with E-state index in [-0.39, 0.29) is 0 Å². The number of hydrogen-bond donors (Lipinski definition) is 1. The van der Waals surface area contributed by atoms with Gasteiger partial charge in [0, 0.05) is 0 Å². The molecule has 17 heavy (non-hydrogen) atoms. The van der Waals surface area contributed by atoms with Crippen molar-refractivity contribution < 1.29 is 30.5 Å². The van der Waals surface area contributed by atoms with Crippen LogP contribution in [0, 0.1) is 0 Å². The largest absolute Gasteiger partial charge is 0.451 e. The predicted octanol–water partition coefficient (Wildman–Crippen LogP) is 3.06. The first kappa shape index (κ1) is 14.1. The Kier molecular flexibility index (Phi) is 3.36. The molecule has 12 heteroatoms. The molecule has 0 amide bonds. The van der Waals surface area contributed by atoms with E-state index in [2.05, 4.69) is 14.5 Å². The predicted molar refractivity (Wildman–Crippen MR) is 46.5 cm³/mol. The fourth-order valence-electron chi connectivity index (χ4n) is 0.759. The minimum Gasteiger partial charge on any atom is -0.243 e. The fourth-order valence-corrected chi connectivity index (χ4v) is 1.82. The highest BCUT2D eigenvalue weighted by Gasteiger charge is 2.46. The van der Waals surface area contributed by atoms with Gasteiger partial charge in [0.2, 0.25) is 11.7 Å². The average molecular weight is 284 g/mol. The van der Waals surface area contributed by atoms with Gasteiger partial charge in [0.15, 0.2) is 0 Å². The number of aliphatic imine (C=N–C) groups is 1. The molecule has 1 rings (SSSR count). The van der Waals surface area contributed by atoms with E-state index in [0.29, 0.717) is 0 Å². The maximum atomic E-state index is 13.4. The maximum absolute atomic E-state index is 13.4. The first-order valence-electron chi connectivity index (χ1n) is 3.82. The Morgan fingerprint density at radius 2 is 1.47 bits per heavy atom. The molecule has 1 aliphatic heterocycles. The van der Waals surface area contributed by atoms with Crippen LogP contribution in [0.3, 0.4) is 0 Å². The summed E-state index contributed by atoms with van der Waals surface area (Å²) in [6.07, 6.45) is -10.6. The van der Waals surface area contributed by atoms with Crippen molar-refractivity contribution in [3.05, 3.63) is 0 Å². The first-order chi connectivity index (χ1) is 7.48. The highest BCUT2D eigenvalue weighted by Crippen LogP contribution is 2.52. The van der Waals surface area contributed by atoms with Gasteiger partial charge in [0.1, 0.15) is 0 Å². The molecule has 0 radical (unpaired) electrons. The van der Waals surface area contributed by atoms with Gasteiger partial charge < -0.3 is 0 Å². The van der Waals surface area contributed by atoms with Gasteiger partial charge >= 0.3 is 20.0 Å². The van der Waals surface area contributed by atoms with Crippen LogP contribution in [0.4, 0.5) is 30.5 Å². The molecule has 0 aromatic rings. The van der Waals surface area contributed by atoms with Crippen molar-refractivity contribution >= 4 is 19.3 Å². The third-order valence-corrected chi connectivity index (χ3v) is 2.94. The third kappa shape index (κ3) is 3.25. The molecule has 0 aromatic carbocycles. The van der Waals surface area contributed by atoms with Crippen molar-refractivity contribution in [2.24, 2.45) is 14.5 Å². The fraction of sp³-hybridized carbons (Fsp3) is 0.600. The zero-order valence-electron chi connectivity index (χ0n) is 7.93. The standard InChI is InChI=1S/C5H4F7N4P/c1-13-17(12)15-2(4(6,7)8)14-3(16-17)5(9,10)11/h13H,1H3. The molecule has 1 aliphatic rings. The van der Waals surface area contributed by atoms with E-state index in [0.717, 1.165) is 7.05 Å². The molecule has 0 fully saturated rings. The Morgan fingerprint density at radius 1 is 1.00 bits per heavy atom. The van der Waals surface area contributed by atoms with E-state index in [4.69, 9.17) is 0 Å². The average Bonchev–Trinajstić information content (AvgIpc) is 2.14. The van der Waals surface area contributed by atoms with Crippen molar-refractivity contribution in [3.8, 4) is 0 Å². The van der Waals surface area contributed by atoms with Crippen LogP contribution in [0.25, 0.3) is 0 Å². The summed E-state index contributed by atoms with van der Waals surface area (Å²) >= 11 is 0. The number of amidine groups is 2. The monoisotopic (exact) mass is 284 g/mol. The van der Waals surface area contributed by atoms with Crippen molar-refractivity contribution in [3.63, 3.8) is 0 Å². The van der Waals surface area contributed by atoms with E-state index in [1.54, 1.807) is 5.09 Å². The second kappa shape index (κ2) is 4.05. The van der Waals surface area contributed by atoms with E-state index >= 15 is 0 Å². The Labute approximate surface area is 89.9 Å². The van der Waals surface area contributed by atoms with E-state index in [1.165, 1.54) is 0 Å². The number of hydrogen-bond acceptors (Lipinski definition) is 4. The molecule has 1 N–H and O–H groups in total. The molecule has 0 saturated heterocycles. The zero-order chi connectivity index (χ0) is 13.5. The van der Waals surface area contributed by atoms with Crippen LogP contribution in [-0.4, -0.2) is 31.1 Å². The highest BCUT2D eigenvalue weighted by molar-refractivity contribution is 7.58. The van der Waals surface area contributed by atoms with Crippen LogP contribution in [-0.2, 0) is 0 Å². The number of nitrogens with one attached hydrogen (secondary N) is 1. The molecular formula is C5H4F7N4P. The summed E-state index contributed by atoms with van der Waals surface area (Å²) in [6.45, 7) is 0. The topological polar surface area (TPSA) is 49.1 Å². The molecule has 98 valence electrons. The van der Waals surface area contributed by atoms with Crippen LogP contribution < -0.4 is 5.09 Å². The van der Waals surface area contributed by atoms with E-state index in [1.807, 2.05) is 0 Å². The Bertz CT molecular complexity index is 416. The van der Waals surface area contributed by atoms with Crippen molar-refractivity contribution in [1.29, 1.82) is 0 Å². The summed E-state index contributed by atoms with van der Waals surface area (Å²) in [5.41, 5.74) is 0. The van der Waals surface area contributed by atoms with Gasteiger partial charge in [-0.1, -0.05) is 0 Å². The zero-order valence-corrected chi connectivity index (χ0v) is 8.83. The van der Waals surface area contributed by atoms with Crippen molar-refractivity contribution in [2.45, 2.75) is 12.4 Å². The Hall–Kier alpha value is -0.960. The minimum atomic E-state index is -5.28. The number of rotatable bonds is 1. The second-order valence-electron chi connectivity index (χ2n) is 2.70. The molecule has 0 bridgehead atoms. The summed E-state index contributed by atoms with van der Waals surface area (Å²) < 4.78 is 91.3. The molecule has 0 spiro atoms. The lowest BCUT2D eigenvalue weighted by molar-refractivity contribution is -0.0633. The van der Waals surface area contributed by atoms with Gasteiger partial charge in [0.25, 0.3) is 0 Å². The van der Waals surface area contributed by atoms with Crippen LogP contribution in [0.2, 0.25) is 0 Å². The van der Waals surface area contributed by atoms with Crippen molar-refractivity contribution in [1.82, 2.24) is 5.09 Å². The molecule has 0 saturated carbocycles. The van der Waals surface area contributed by atoms with Gasteiger partial charge in [-0.3, -0.25) is 0 Å². The van der Waals surface area contributed by atoms with Gasteiger partial charge in [-0.25, -0.2) is 10.1 Å². The van der Waals surface area contributed by atoms with Gasteiger partial charge in [-0.15, -0.1) is 0 Å². The van der Waals surface area contributed by atoms with Gasteiger partial charge in [-0.05, 0) is 7.05 Å². The molecule has 0 aromatic heterocycles. The second-order valence-corrected chi connectivity index (χ2v) is 4.60. The van der Waals surface area contributed by atoms with Crippen molar-refractivity contribution in [2.75, 3.05) is 7.05 Å². The van der Waals surface area contributed by atoms with E-state index < -0.39 is 31.7 Å². The van der Waals surface area contributed by atoms with Crippen LogP contribution >= 0.6 is 7.67 Å². The number of nitrogens with zero attached hydrogens (tertiary/aromatic N) is 3. The summed E-state index contributed by atoms with van der Waals surface area (Å²) in [4.78, 5) is 2.17. The Balaban J connectivity index is 3.38. The van der Waals surface area contributed by atoms with E-state index in [9.17, 15) is 30.5 Å². The normalized spacial score (nSPS) is 26.1. The summed E-state index contributed by atoms with van der Waals surface area (Å²) in [6, 6.07) is 0. The quantitative estimate of drug-likeness (QED) is 0.584. The Morgan fingerprint density at radius 3 is 1.82 bits per heavy atom. The summed E-state index contributed by atoms with van der Waals surface area (Å²) in [7, 11) is -3.94. The lowest BCUT2D eigenvalue weighted by atomic mass is 10.5. The summed E-state index contributed by atoms with van der Waals surface area (Å²) in [5.74, 6) is -4.38. The van der Waals surface area contributed by atoms with Gasteiger partial charge in [0.05, 0.1) is 0 Å². The van der Waals surface area contributed by atoms with Crippen LogP contribution in [0.1, 0.15) is 0 Å². The molecule has 4 nitrogen and oxygen atoms in total. The lowest BCUT2D eigenvalue weighted by Crippen LogP contribution is -2.30. The lowest BCUT2D eigenvalue weighted by Gasteiger charge is -2.18. The van der Waals surface area contributed by atoms with Crippen LogP contribution in [0.15, 0.2) is 14.5 Å². The van der Waals surface area contributed by atoms with Gasteiger partial charge in [-0.2, -0.15) is 40.0 Å². The summed E-state index contributed by atoms with van der Waals surface area (Å²) in [5, 5.41) is 1.59. The SMILES string of the molecule is CNP1(F)=NC(C(F)(F)F)=NC(C(F)(F)F)=N1. The molecular weight excluding hydrogens is 280 g/mol. The molecule has 1 heterocycles. The molecule has 1 atom stereocenters. The number of alkyl halides is 6. The molecule has 1 unspecified atom stereocenters. The maximum Gasteiger partial charge on any atom is 0.451 e. The smallest absolute Gasteiger partial charge is 0.243 e. The van der Waals surface area contributed by atoms with Crippen LogP contribution in [0.5, 0.6) is 0 Å². The molecule has 0 aliphatic carbocycles. The first-order valence-corrected chi connectivity index (χ1v) is 5.41. The third-order valence-electron chi connectivity index (χ3n) is 1.46. The minimum absolute atomic E-state index is 0.814.